The molecule has 0 heterocycles. The maximum Gasteiger partial charge on any atom is 0.419 e. The Labute approximate surface area is 81.1 Å². The van der Waals surface area contributed by atoms with Crippen LogP contribution in [0.2, 0.25) is 0 Å². The van der Waals surface area contributed by atoms with Crippen LogP contribution in [0.15, 0.2) is 17.0 Å². The van der Waals surface area contributed by atoms with E-state index < -0.39 is 28.3 Å². The van der Waals surface area contributed by atoms with Crippen LogP contribution >= 0.6 is 11.8 Å². The molecule has 1 aromatic carbocycles. The zero-order chi connectivity index (χ0) is 10.9. The summed E-state index contributed by atoms with van der Waals surface area (Å²) in [6.45, 7) is 0. The largest absolute Gasteiger partial charge is 0.419 e. The molecule has 0 N–H and O–H groups in total. The highest BCUT2D eigenvalue weighted by molar-refractivity contribution is 7.98. The predicted molar refractivity (Wildman–Crippen MR) is 43.1 cm³/mol. The minimum absolute atomic E-state index is 0.393. The summed E-state index contributed by atoms with van der Waals surface area (Å²) in [5, 5.41) is 0. The van der Waals surface area contributed by atoms with Crippen molar-refractivity contribution in [3.05, 3.63) is 29.3 Å². The third-order valence-corrected chi connectivity index (χ3v) is 2.34. The van der Waals surface area contributed by atoms with Gasteiger partial charge in [-0.15, -0.1) is 11.8 Å². The molecule has 0 aliphatic heterocycles. The van der Waals surface area contributed by atoms with E-state index in [4.69, 9.17) is 0 Å². The SMILES string of the molecule is CSc1c(F)ccc(C(F)(F)F)c1F. The van der Waals surface area contributed by atoms with E-state index in [-0.39, 0.29) is 0 Å². The topological polar surface area (TPSA) is 0 Å². The lowest BCUT2D eigenvalue weighted by Gasteiger charge is -2.10. The lowest BCUT2D eigenvalue weighted by molar-refractivity contribution is -0.140. The van der Waals surface area contributed by atoms with Crippen LogP contribution in [-0.2, 0) is 6.18 Å². The van der Waals surface area contributed by atoms with Crippen LogP contribution in [0.4, 0.5) is 22.0 Å². The van der Waals surface area contributed by atoms with Gasteiger partial charge in [0.25, 0.3) is 0 Å². The standard InChI is InChI=1S/C8H5F5S/c1-14-7-5(9)3-2-4(6(7)10)8(11,12)13/h2-3H,1H3. The highest BCUT2D eigenvalue weighted by Gasteiger charge is 2.35. The van der Waals surface area contributed by atoms with Gasteiger partial charge < -0.3 is 0 Å². The fourth-order valence-electron chi connectivity index (χ4n) is 0.939. The minimum atomic E-state index is -4.79. The molecule has 1 aromatic rings. The third kappa shape index (κ3) is 2.00. The van der Waals surface area contributed by atoms with Crippen molar-refractivity contribution >= 4 is 11.8 Å². The van der Waals surface area contributed by atoms with Crippen LogP contribution in [0, 0.1) is 11.6 Å². The first-order chi connectivity index (χ1) is 6.38. The summed E-state index contributed by atoms with van der Waals surface area (Å²) >= 11 is 0.602. The summed E-state index contributed by atoms with van der Waals surface area (Å²) in [5.41, 5.74) is -1.44. The van der Waals surface area contributed by atoms with E-state index in [1.165, 1.54) is 6.26 Å². The van der Waals surface area contributed by atoms with Crippen molar-refractivity contribution in [3.63, 3.8) is 0 Å². The van der Waals surface area contributed by atoms with Gasteiger partial charge in [-0.3, -0.25) is 0 Å². The second kappa shape index (κ2) is 3.76. The molecule has 0 fully saturated rings. The van der Waals surface area contributed by atoms with Crippen LogP contribution in [0.25, 0.3) is 0 Å². The summed E-state index contributed by atoms with van der Waals surface area (Å²) < 4.78 is 62.2. The second-order valence-electron chi connectivity index (χ2n) is 2.44. The summed E-state index contributed by atoms with van der Waals surface area (Å²) in [6.07, 6.45) is -3.48. The lowest BCUT2D eigenvalue weighted by Crippen LogP contribution is -2.09. The van der Waals surface area contributed by atoms with Crippen molar-refractivity contribution in [3.8, 4) is 0 Å². The maximum atomic E-state index is 13.0. The van der Waals surface area contributed by atoms with E-state index in [1.807, 2.05) is 0 Å². The molecule has 78 valence electrons. The van der Waals surface area contributed by atoms with Crippen molar-refractivity contribution in [2.45, 2.75) is 11.1 Å². The first-order valence-electron chi connectivity index (χ1n) is 3.47. The Morgan fingerprint density at radius 2 is 1.71 bits per heavy atom. The molecule has 0 bridgehead atoms. The van der Waals surface area contributed by atoms with E-state index in [0.717, 1.165) is 0 Å². The number of halogens is 5. The van der Waals surface area contributed by atoms with Crippen LogP contribution in [0.5, 0.6) is 0 Å². The molecule has 0 unspecified atom stereocenters. The van der Waals surface area contributed by atoms with E-state index in [1.54, 1.807) is 0 Å². The zero-order valence-corrected chi connectivity index (χ0v) is 7.77. The van der Waals surface area contributed by atoms with Gasteiger partial charge in [0.2, 0.25) is 0 Å². The summed E-state index contributed by atoms with van der Waals surface area (Å²) in [5.74, 6) is -2.53. The van der Waals surface area contributed by atoms with Crippen molar-refractivity contribution in [2.75, 3.05) is 6.26 Å². The van der Waals surface area contributed by atoms with Gasteiger partial charge in [0.05, 0.1) is 10.5 Å². The molecule has 6 heteroatoms. The molecular formula is C8H5F5S. The Bertz CT molecular complexity index is 344. The Balaban J connectivity index is 3.36. The Morgan fingerprint density at radius 1 is 1.14 bits per heavy atom. The molecule has 0 saturated carbocycles. The summed E-state index contributed by atoms with van der Waals surface area (Å²) in [7, 11) is 0. The van der Waals surface area contributed by atoms with E-state index in [9.17, 15) is 22.0 Å². The van der Waals surface area contributed by atoms with Gasteiger partial charge >= 0.3 is 6.18 Å². The smallest absolute Gasteiger partial charge is 0.206 e. The molecule has 0 aliphatic carbocycles. The summed E-state index contributed by atoms with van der Waals surface area (Å²) in [6, 6.07) is 1.00. The number of benzene rings is 1. The van der Waals surface area contributed by atoms with Crippen LogP contribution < -0.4 is 0 Å². The third-order valence-electron chi connectivity index (χ3n) is 1.56. The average Bonchev–Trinajstić information content (AvgIpc) is 2.02. The van der Waals surface area contributed by atoms with Gasteiger partial charge in [-0.2, -0.15) is 13.2 Å². The van der Waals surface area contributed by atoms with Crippen LogP contribution in [0.1, 0.15) is 5.56 Å². The molecule has 1 rings (SSSR count). The molecule has 0 aromatic heterocycles. The normalized spacial score (nSPS) is 11.9. The average molecular weight is 228 g/mol. The Hall–Kier alpha value is -0.780. The molecule has 0 spiro atoms. The van der Waals surface area contributed by atoms with Gasteiger partial charge in [0.15, 0.2) is 5.82 Å². The van der Waals surface area contributed by atoms with Crippen LogP contribution in [-0.4, -0.2) is 6.26 Å². The van der Waals surface area contributed by atoms with Gasteiger partial charge in [-0.1, -0.05) is 0 Å². The number of rotatable bonds is 1. The minimum Gasteiger partial charge on any atom is -0.206 e. The molecule has 0 aliphatic rings. The Morgan fingerprint density at radius 3 is 2.14 bits per heavy atom. The predicted octanol–water partition coefficient (Wildman–Crippen LogP) is 3.71. The first kappa shape index (κ1) is 11.3. The molecule has 0 amide bonds. The summed E-state index contributed by atoms with van der Waals surface area (Å²) in [4.78, 5) is -0.611. The van der Waals surface area contributed by atoms with E-state index in [2.05, 4.69) is 0 Å². The fourth-order valence-corrected chi connectivity index (χ4v) is 1.49. The molecule has 0 atom stereocenters. The molecule has 0 nitrogen and oxygen atoms in total. The molecular weight excluding hydrogens is 223 g/mol. The van der Waals surface area contributed by atoms with Crippen molar-refractivity contribution in [1.29, 1.82) is 0 Å². The maximum absolute atomic E-state index is 13.0. The first-order valence-corrected chi connectivity index (χ1v) is 4.69. The molecule has 0 saturated heterocycles. The zero-order valence-electron chi connectivity index (χ0n) is 6.95. The second-order valence-corrected chi connectivity index (χ2v) is 3.26. The number of hydrogen-bond donors (Lipinski definition) is 0. The lowest BCUT2D eigenvalue weighted by atomic mass is 10.2. The highest BCUT2D eigenvalue weighted by Crippen LogP contribution is 2.35. The van der Waals surface area contributed by atoms with Gasteiger partial charge in [0.1, 0.15) is 5.82 Å². The van der Waals surface area contributed by atoms with E-state index in [0.29, 0.717) is 23.9 Å². The van der Waals surface area contributed by atoms with Gasteiger partial charge in [0, 0.05) is 0 Å². The van der Waals surface area contributed by atoms with Gasteiger partial charge in [-0.25, -0.2) is 8.78 Å². The molecule has 0 radical (unpaired) electrons. The molecule has 14 heavy (non-hydrogen) atoms. The number of hydrogen-bond acceptors (Lipinski definition) is 1. The number of alkyl halides is 3. The van der Waals surface area contributed by atoms with Crippen molar-refractivity contribution in [2.24, 2.45) is 0 Å². The highest BCUT2D eigenvalue weighted by atomic mass is 32.2. The van der Waals surface area contributed by atoms with Crippen molar-refractivity contribution in [1.82, 2.24) is 0 Å². The van der Waals surface area contributed by atoms with Crippen LogP contribution in [0.3, 0.4) is 0 Å². The monoisotopic (exact) mass is 228 g/mol. The number of thioether (sulfide) groups is 1. The fraction of sp³-hybridized carbons (Fsp3) is 0.250. The van der Waals surface area contributed by atoms with E-state index >= 15 is 0 Å². The quantitative estimate of drug-likeness (QED) is 0.521. The van der Waals surface area contributed by atoms with Crippen molar-refractivity contribution < 1.29 is 22.0 Å². The Kier molecular flexibility index (Phi) is 3.04. The van der Waals surface area contributed by atoms with Gasteiger partial charge in [-0.05, 0) is 18.4 Å².